The number of aryl methyl sites for hydroxylation is 4. The molecule has 0 aliphatic carbocycles. The molecule has 0 spiro atoms. The van der Waals surface area contributed by atoms with Gasteiger partial charge in [0.1, 0.15) is 0 Å². The molecule has 21 heavy (non-hydrogen) atoms. The summed E-state index contributed by atoms with van der Waals surface area (Å²) in [5.41, 5.74) is 5.80. The maximum Gasteiger partial charge on any atom is 0.0462 e. The lowest BCUT2D eigenvalue weighted by atomic mass is 9.95. The summed E-state index contributed by atoms with van der Waals surface area (Å²) < 4.78 is 5.13. The van der Waals surface area contributed by atoms with Crippen LogP contribution in [0.1, 0.15) is 35.1 Å². The van der Waals surface area contributed by atoms with Gasteiger partial charge < -0.3 is 4.74 Å². The Kier molecular flexibility index (Phi) is 6.49. The highest BCUT2D eigenvalue weighted by molar-refractivity contribution is 5.32. The summed E-state index contributed by atoms with van der Waals surface area (Å²) >= 11 is 0. The molecule has 0 bridgehead atoms. The lowest BCUT2D eigenvalue weighted by Crippen LogP contribution is -1.99. The van der Waals surface area contributed by atoms with Gasteiger partial charge in [-0.1, -0.05) is 54.1 Å². The van der Waals surface area contributed by atoms with Crippen LogP contribution in [0.15, 0.2) is 48.5 Å². The number of methoxy groups -OCH3 is 1. The van der Waals surface area contributed by atoms with Gasteiger partial charge in [0.15, 0.2) is 0 Å². The molecular weight excluding hydrogens is 256 g/mol. The second kappa shape index (κ2) is 8.63. The Balaban J connectivity index is 1.97. The smallest absolute Gasteiger partial charge is 0.0462 e. The number of unbranched alkanes of at least 4 members (excludes halogenated alkanes) is 1. The van der Waals surface area contributed by atoms with Crippen LogP contribution in [0.25, 0.3) is 0 Å². The van der Waals surface area contributed by atoms with Crippen molar-refractivity contribution in [3.8, 4) is 0 Å². The monoisotopic (exact) mass is 282 g/mol. The Morgan fingerprint density at radius 3 is 2.38 bits per heavy atom. The van der Waals surface area contributed by atoms with Crippen LogP contribution in [0.5, 0.6) is 0 Å². The highest BCUT2D eigenvalue weighted by Gasteiger charge is 2.04. The van der Waals surface area contributed by atoms with Crippen LogP contribution in [0.3, 0.4) is 0 Å². The fourth-order valence-electron chi connectivity index (χ4n) is 2.72. The zero-order valence-electron chi connectivity index (χ0n) is 13.3. The minimum atomic E-state index is 0.866. The average molecular weight is 282 g/mol. The average Bonchev–Trinajstić information content (AvgIpc) is 2.52. The standard InChI is InChI=1S/C20H26O/c1-17-11-13-19(10-6-7-15-21-2)20(16-17)14-12-18-8-4-3-5-9-18/h3-5,8-9,11,13,16H,6-7,10,12,14-15H2,1-2H3. The molecule has 0 aromatic heterocycles. The molecule has 2 aromatic rings. The van der Waals surface area contributed by atoms with Gasteiger partial charge in [0.05, 0.1) is 0 Å². The SMILES string of the molecule is COCCCCc1ccc(C)cc1CCc1ccccc1. The van der Waals surface area contributed by atoms with Gasteiger partial charge in [-0.2, -0.15) is 0 Å². The first-order valence-electron chi connectivity index (χ1n) is 7.91. The fraction of sp³-hybridized carbons (Fsp3) is 0.400. The third kappa shape index (κ3) is 5.35. The summed E-state index contributed by atoms with van der Waals surface area (Å²) in [6.45, 7) is 3.05. The Morgan fingerprint density at radius 1 is 0.810 bits per heavy atom. The van der Waals surface area contributed by atoms with Crippen molar-refractivity contribution in [1.82, 2.24) is 0 Å². The van der Waals surface area contributed by atoms with Crippen molar-refractivity contribution in [1.29, 1.82) is 0 Å². The van der Waals surface area contributed by atoms with E-state index in [1.54, 1.807) is 7.11 Å². The Hall–Kier alpha value is -1.60. The maximum atomic E-state index is 5.13. The van der Waals surface area contributed by atoms with E-state index in [0.29, 0.717) is 0 Å². The largest absolute Gasteiger partial charge is 0.385 e. The first kappa shape index (κ1) is 15.8. The van der Waals surface area contributed by atoms with Crippen LogP contribution in [-0.2, 0) is 24.0 Å². The molecule has 0 fully saturated rings. The Labute approximate surface area is 129 Å². The van der Waals surface area contributed by atoms with Crippen LogP contribution in [0, 0.1) is 6.92 Å². The van der Waals surface area contributed by atoms with Gasteiger partial charge in [0.2, 0.25) is 0 Å². The normalized spacial score (nSPS) is 10.8. The van der Waals surface area contributed by atoms with Crippen LogP contribution >= 0.6 is 0 Å². The fourth-order valence-corrected chi connectivity index (χ4v) is 2.72. The summed E-state index contributed by atoms with van der Waals surface area (Å²) in [7, 11) is 1.77. The lowest BCUT2D eigenvalue weighted by Gasteiger charge is -2.11. The molecule has 0 saturated heterocycles. The minimum Gasteiger partial charge on any atom is -0.385 e. The second-order valence-electron chi connectivity index (χ2n) is 5.71. The van der Waals surface area contributed by atoms with E-state index in [-0.39, 0.29) is 0 Å². The molecule has 0 heterocycles. The number of hydrogen-bond donors (Lipinski definition) is 0. The molecule has 0 N–H and O–H groups in total. The number of benzene rings is 2. The molecule has 0 unspecified atom stereocenters. The molecule has 0 atom stereocenters. The first-order chi connectivity index (χ1) is 10.3. The first-order valence-corrected chi connectivity index (χ1v) is 7.91. The topological polar surface area (TPSA) is 9.23 Å². The summed E-state index contributed by atoms with van der Waals surface area (Å²) in [6, 6.07) is 17.7. The summed E-state index contributed by atoms with van der Waals surface area (Å²) in [4.78, 5) is 0. The predicted octanol–water partition coefficient (Wildman–Crippen LogP) is 4.75. The third-order valence-electron chi connectivity index (χ3n) is 3.93. The van der Waals surface area contributed by atoms with Crippen molar-refractivity contribution < 1.29 is 4.74 Å². The van der Waals surface area contributed by atoms with Crippen molar-refractivity contribution in [2.75, 3.05) is 13.7 Å². The van der Waals surface area contributed by atoms with Crippen LogP contribution in [0.2, 0.25) is 0 Å². The minimum absolute atomic E-state index is 0.866. The predicted molar refractivity (Wildman–Crippen MR) is 89.8 cm³/mol. The molecule has 2 aromatic carbocycles. The van der Waals surface area contributed by atoms with Gasteiger partial charge in [-0.05, 0) is 55.7 Å². The molecule has 112 valence electrons. The molecule has 1 heteroatoms. The van der Waals surface area contributed by atoms with E-state index >= 15 is 0 Å². The summed E-state index contributed by atoms with van der Waals surface area (Å²) in [5, 5.41) is 0. The van der Waals surface area contributed by atoms with Gasteiger partial charge in [0.25, 0.3) is 0 Å². The van der Waals surface area contributed by atoms with Crippen LogP contribution in [0.4, 0.5) is 0 Å². The summed E-state index contributed by atoms with van der Waals surface area (Å²) in [6.07, 6.45) is 5.76. The van der Waals surface area contributed by atoms with Crippen LogP contribution < -0.4 is 0 Å². The van der Waals surface area contributed by atoms with Gasteiger partial charge >= 0.3 is 0 Å². The van der Waals surface area contributed by atoms with Gasteiger partial charge in [-0.25, -0.2) is 0 Å². The van der Waals surface area contributed by atoms with E-state index in [1.807, 2.05) is 0 Å². The molecule has 1 nitrogen and oxygen atoms in total. The third-order valence-corrected chi connectivity index (χ3v) is 3.93. The lowest BCUT2D eigenvalue weighted by molar-refractivity contribution is 0.193. The molecule has 2 rings (SSSR count). The zero-order chi connectivity index (χ0) is 14.9. The molecule has 0 saturated carbocycles. The van der Waals surface area contributed by atoms with Crippen LogP contribution in [-0.4, -0.2) is 13.7 Å². The second-order valence-corrected chi connectivity index (χ2v) is 5.71. The Bertz CT molecular complexity index is 531. The van der Waals surface area contributed by atoms with Crippen molar-refractivity contribution >= 4 is 0 Å². The summed E-state index contributed by atoms with van der Waals surface area (Å²) in [5.74, 6) is 0. The molecule has 0 radical (unpaired) electrons. The van der Waals surface area contributed by atoms with E-state index in [1.165, 1.54) is 28.7 Å². The molecular formula is C20H26O. The van der Waals surface area contributed by atoms with E-state index in [0.717, 1.165) is 32.3 Å². The number of ether oxygens (including phenoxy) is 1. The highest BCUT2D eigenvalue weighted by Crippen LogP contribution is 2.17. The van der Waals surface area contributed by atoms with Crippen molar-refractivity contribution in [3.05, 3.63) is 70.8 Å². The van der Waals surface area contributed by atoms with Crippen molar-refractivity contribution in [2.45, 2.75) is 39.0 Å². The van der Waals surface area contributed by atoms with Gasteiger partial charge in [-0.15, -0.1) is 0 Å². The zero-order valence-corrected chi connectivity index (χ0v) is 13.3. The van der Waals surface area contributed by atoms with E-state index in [9.17, 15) is 0 Å². The van der Waals surface area contributed by atoms with Gasteiger partial charge in [0, 0.05) is 13.7 Å². The highest BCUT2D eigenvalue weighted by atomic mass is 16.5. The quantitative estimate of drug-likeness (QED) is 0.635. The molecule has 0 aliphatic rings. The number of rotatable bonds is 8. The van der Waals surface area contributed by atoms with Gasteiger partial charge in [-0.3, -0.25) is 0 Å². The van der Waals surface area contributed by atoms with Crippen molar-refractivity contribution in [2.24, 2.45) is 0 Å². The Morgan fingerprint density at radius 2 is 1.62 bits per heavy atom. The van der Waals surface area contributed by atoms with Crippen molar-refractivity contribution in [3.63, 3.8) is 0 Å². The van der Waals surface area contributed by atoms with E-state index < -0.39 is 0 Å². The van der Waals surface area contributed by atoms with E-state index in [2.05, 4.69) is 55.5 Å². The molecule has 0 amide bonds. The van der Waals surface area contributed by atoms with E-state index in [4.69, 9.17) is 4.74 Å². The maximum absolute atomic E-state index is 5.13. The molecule has 0 aliphatic heterocycles. The number of hydrogen-bond acceptors (Lipinski definition) is 1.